The number of hydrogen-bond donors (Lipinski definition) is 2. The fourth-order valence-corrected chi connectivity index (χ4v) is 4.20. The monoisotopic (exact) mass is 397 g/mol. The largest absolute Gasteiger partial charge is 0.320 e. The van der Waals surface area contributed by atoms with E-state index in [0.29, 0.717) is 5.56 Å². The molecule has 140 valence electrons. The fraction of sp³-hybridized carbons (Fsp3) is 0. The number of benzene rings is 3. The van der Waals surface area contributed by atoms with Gasteiger partial charge in [0.2, 0.25) is 5.82 Å². The maximum absolute atomic E-state index is 12.8. The molecule has 7 heteroatoms. The topological polar surface area (TPSA) is 87.3 Å². The van der Waals surface area contributed by atoms with E-state index < -0.39 is 0 Å². The molecule has 3 aromatic carbocycles. The van der Waals surface area contributed by atoms with Crippen LogP contribution in [-0.2, 0) is 0 Å². The molecule has 0 bridgehead atoms. The molecule has 0 aliphatic carbocycles. The molecular formula is C22H15N5OS. The van der Waals surface area contributed by atoms with Crippen LogP contribution in [0, 0.1) is 0 Å². The van der Waals surface area contributed by atoms with E-state index in [1.54, 1.807) is 11.8 Å². The molecule has 0 aliphatic rings. The van der Waals surface area contributed by atoms with E-state index in [2.05, 4.69) is 49.9 Å². The first kappa shape index (κ1) is 17.4. The average molecular weight is 397 g/mol. The Kier molecular flexibility index (Phi) is 4.42. The van der Waals surface area contributed by atoms with Gasteiger partial charge in [-0.25, -0.2) is 0 Å². The lowest BCUT2D eigenvalue weighted by molar-refractivity contribution is 0.881. The minimum absolute atomic E-state index is 0.257. The van der Waals surface area contributed by atoms with Crippen molar-refractivity contribution in [3.8, 4) is 22.6 Å². The quantitative estimate of drug-likeness (QED) is 0.465. The second kappa shape index (κ2) is 7.37. The van der Waals surface area contributed by atoms with Crippen molar-refractivity contribution >= 4 is 22.5 Å². The number of aromatic nitrogens is 5. The van der Waals surface area contributed by atoms with Gasteiger partial charge in [-0.1, -0.05) is 66.4 Å². The molecule has 0 saturated heterocycles. The summed E-state index contributed by atoms with van der Waals surface area (Å²) >= 11 is 1.58. The Hall–Kier alpha value is -3.71. The molecular weight excluding hydrogens is 382 g/mol. The van der Waals surface area contributed by atoms with Gasteiger partial charge < -0.3 is 4.98 Å². The van der Waals surface area contributed by atoms with Gasteiger partial charge in [0.15, 0.2) is 0 Å². The number of rotatable bonds is 4. The number of nitrogens with zero attached hydrogens (tertiary/aromatic N) is 3. The van der Waals surface area contributed by atoms with Crippen molar-refractivity contribution in [2.75, 3.05) is 0 Å². The van der Waals surface area contributed by atoms with E-state index in [0.717, 1.165) is 31.8 Å². The maximum Gasteiger partial charge on any atom is 0.259 e. The highest BCUT2D eigenvalue weighted by molar-refractivity contribution is 7.99. The smallest absolute Gasteiger partial charge is 0.259 e. The highest BCUT2D eigenvalue weighted by atomic mass is 32.2. The van der Waals surface area contributed by atoms with E-state index in [-0.39, 0.29) is 11.4 Å². The summed E-state index contributed by atoms with van der Waals surface area (Å²) in [6.45, 7) is 0. The average Bonchev–Trinajstić information content (AvgIpc) is 3.30. The van der Waals surface area contributed by atoms with Crippen LogP contribution in [-0.4, -0.2) is 25.6 Å². The number of H-pyrrole nitrogens is 2. The number of hydrogen-bond acceptors (Lipinski definition) is 5. The van der Waals surface area contributed by atoms with E-state index in [9.17, 15) is 4.79 Å². The number of nitrogens with one attached hydrogen (secondary N) is 2. The van der Waals surface area contributed by atoms with Crippen molar-refractivity contribution in [2.45, 2.75) is 9.79 Å². The lowest BCUT2D eigenvalue weighted by Crippen LogP contribution is -2.11. The lowest BCUT2D eigenvalue weighted by Gasteiger charge is -2.11. The second-order valence-corrected chi connectivity index (χ2v) is 7.58. The first-order valence-corrected chi connectivity index (χ1v) is 9.83. The summed E-state index contributed by atoms with van der Waals surface area (Å²) in [7, 11) is 0. The van der Waals surface area contributed by atoms with Crippen molar-refractivity contribution in [1.29, 1.82) is 0 Å². The molecule has 2 heterocycles. The summed E-state index contributed by atoms with van der Waals surface area (Å²) in [5.74, 6) is 0.270. The standard InChI is InChI=1S/C22H15N5OS/c28-22-18(21-24-26-27-25-21)13-19(29-17-8-2-1-3-9-17)20(23-22)16-11-10-14-6-4-5-7-15(14)12-16/h1-13H,(H,23,28)(H,24,25,26,27). The van der Waals surface area contributed by atoms with Crippen LogP contribution in [0.2, 0.25) is 0 Å². The van der Waals surface area contributed by atoms with Crippen molar-refractivity contribution < 1.29 is 0 Å². The molecule has 5 aromatic rings. The van der Waals surface area contributed by atoms with Crippen LogP contribution in [0.1, 0.15) is 0 Å². The Morgan fingerprint density at radius 3 is 2.41 bits per heavy atom. The first-order valence-electron chi connectivity index (χ1n) is 9.01. The first-order chi connectivity index (χ1) is 14.3. The third kappa shape index (κ3) is 3.43. The Morgan fingerprint density at radius 1 is 0.828 bits per heavy atom. The van der Waals surface area contributed by atoms with Crippen LogP contribution in [0.25, 0.3) is 33.4 Å². The van der Waals surface area contributed by atoms with E-state index in [1.165, 1.54) is 0 Å². The highest BCUT2D eigenvalue weighted by Crippen LogP contribution is 2.36. The van der Waals surface area contributed by atoms with Crippen molar-refractivity contribution in [1.82, 2.24) is 25.6 Å². The predicted molar refractivity (Wildman–Crippen MR) is 114 cm³/mol. The zero-order valence-electron chi connectivity index (χ0n) is 15.2. The van der Waals surface area contributed by atoms with Gasteiger partial charge in [0, 0.05) is 9.79 Å². The Balaban J connectivity index is 1.70. The highest BCUT2D eigenvalue weighted by Gasteiger charge is 2.16. The van der Waals surface area contributed by atoms with Crippen molar-refractivity contribution in [2.24, 2.45) is 0 Å². The van der Waals surface area contributed by atoms with Gasteiger partial charge in [0.1, 0.15) is 0 Å². The Morgan fingerprint density at radius 2 is 1.62 bits per heavy atom. The van der Waals surface area contributed by atoms with E-state index in [1.807, 2.05) is 54.6 Å². The van der Waals surface area contributed by atoms with E-state index in [4.69, 9.17) is 0 Å². The summed E-state index contributed by atoms with van der Waals surface area (Å²) in [6.07, 6.45) is 0. The minimum Gasteiger partial charge on any atom is -0.320 e. The third-order valence-electron chi connectivity index (χ3n) is 4.60. The molecule has 0 aliphatic heterocycles. The molecule has 6 nitrogen and oxygen atoms in total. The van der Waals surface area contributed by atoms with Gasteiger partial charge >= 0.3 is 0 Å². The molecule has 2 N–H and O–H groups in total. The summed E-state index contributed by atoms with van der Waals surface area (Å²) in [6, 6.07) is 26.2. The van der Waals surface area contributed by atoms with Gasteiger partial charge in [-0.3, -0.25) is 4.79 Å². The van der Waals surface area contributed by atoms with E-state index >= 15 is 0 Å². The van der Waals surface area contributed by atoms with Gasteiger partial charge in [-0.2, -0.15) is 5.21 Å². The van der Waals surface area contributed by atoms with Crippen LogP contribution >= 0.6 is 11.8 Å². The van der Waals surface area contributed by atoms with Crippen molar-refractivity contribution in [3.05, 3.63) is 89.2 Å². The van der Waals surface area contributed by atoms with Gasteiger partial charge in [0.25, 0.3) is 5.56 Å². The molecule has 0 spiro atoms. The summed E-state index contributed by atoms with van der Waals surface area (Å²) < 4.78 is 0. The number of tetrazole rings is 1. The Labute approximate surface area is 170 Å². The maximum atomic E-state index is 12.8. The normalized spacial score (nSPS) is 11.0. The number of pyridine rings is 1. The zero-order valence-corrected chi connectivity index (χ0v) is 16.0. The number of aromatic amines is 2. The van der Waals surface area contributed by atoms with Crippen LogP contribution < -0.4 is 5.56 Å². The summed E-state index contributed by atoms with van der Waals surface area (Å²) in [5, 5.41) is 16.2. The molecule has 0 unspecified atom stereocenters. The van der Waals surface area contributed by atoms with Crippen LogP contribution in [0.15, 0.2) is 93.4 Å². The Bertz CT molecular complexity index is 1350. The molecule has 0 amide bonds. The van der Waals surface area contributed by atoms with Crippen LogP contribution in [0.4, 0.5) is 0 Å². The fourth-order valence-electron chi connectivity index (χ4n) is 3.21. The lowest BCUT2D eigenvalue weighted by atomic mass is 10.0. The third-order valence-corrected chi connectivity index (χ3v) is 5.65. The molecule has 29 heavy (non-hydrogen) atoms. The van der Waals surface area contributed by atoms with Crippen LogP contribution in [0.5, 0.6) is 0 Å². The second-order valence-electron chi connectivity index (χ2n) is 6.46. The van der Waals surface area contributed by atoms with Gasteiger partial charge in [-0.15, -0.1) is 10.2 Å². The predicted octanol–water partition coefficient (Wildman–Crippen LogP) is 4.53. The molecule has 0 fully saturated rings. The van der Waals surface area contributed by atoms with Gasteiger partial charge in [-0.05, 0) is 45.8 Å². The molecule has 5 rings (SSSR count). The summed E-state index contributed by atoms with van der Waals surface area (Å²) in [4.78, 5) is 17.8. The summed E-state index contributed by atoms with van der Waals surface area (Å²) in [5.41, 5.74) is 1.83. The molecule has 0 radical (unpaired) electrons. The minimum atomic E-state index is -0.257. The van der Waals surface area contributed by atoms with Gasteiger partial charge in [0.05, 0.1) is 11.3 Å². The molecule has 2 aromatic heterocycles. The number of fused-ring (bicyclic) bond motifs is 1. The SMILES string of the molecule is O=c1[nH]c(-c2ccc3ccccc3c2)c(Sc2ccccc2)cc1-c1nn[nH]n1. The molecule has 0 atom stereocenters. The van der Waals surface area contributed by atoms with Crippen LogP contribution in [0.3, 0.4) is 0 Å². The molecule has 0 saturated carbocycles. The van der Waals surface area contributed by atoms with Crippen molar-refractivity contribution in [3.63, 3.8) is 0 Å². The zero-order chi connectivity index (χ0) is 19.6.